The van der Waals surface area contributed by atoms with Crippen molar-refractivity contribution in [1.82, 2.24) is 19.0 Å². The van der Waals surface area contributed by atoms with Gasteiger partial charge in [-0.05, 0) is 42.7 Å². The summed E-state index contributed by atoms with van der Waals surface area (Å²) < 4.78 is 9.13. The highest BCUT2D eigenvalue weighted by atomic mass is 35.5. The van der Waals surface area contributed by atoms with E-state index in [1.807, 2.05) is 48.5 Å². The van der Waals surface area contributed by atoms with Crippen LogP contribution in [0.3, 0.4) is 0 Å². The van der Waals surface area contributed by atoms with E-state index in [1.54, 1.807) is 22.7 Å². The number of oxazole rings is 1. The first-order valence-electron chi connectivity index (χ1n) is 10.6. The molecule has 2 aromatic carbocycles. The van der Waals surface area contributed by atoms with Gasteiger partial charge in [-0.2, -0.15) is 0 Å². The van der Waals surface area contributed by atoms with Crippen LogP contribution in [0.4, 0.5) is 0 Å². The number of benzene rings is 2. The minimum Gasteiger partial charge on any atom is -0.443 e. The van der Waals surface area contributed by atoms with E-state index >= 15 is 0 Å². The van der Waals surface area contributed by atoms with Crippen molar-refractivity contribution in [1.29, 1.82) is 0 Å². The number of aryl methyl sites for hydroxylation is 1. The fourth-order valence-corrected chi connectivity index (χ4v) is 4.55. The van der Waals surface area contributed by atoms with Crippen LogP contribution < -0.4 is 5.69 Å². The summed E-state index contributed by atoms with van der Waals surface area (Å²) in [6.45, 7) is 0.618. The van der Waals surface area contributed by atoms with E-state index in [-0.39, 0.29) is 24.2 Å². The number of hydrogen-bond donors (Lipinski definition) is 0. The van der Waals surface area contributed by atoms with Gasteiger partial charge in [0.1, 0.15) is 18.3 Å². The molecule has 164 valence electrons. The lowest BCUT2D eigenvalue weighted by Gasteiger charge is -2.22. The summed E-state index contributed by atoms with van der Waals surface area (Å²) in [5.74, 6) is 1.18. The molecule has 1 fully saturated rings. The summed E-state index contributed by atoms with van der Waals surface area (Å²) >= 11 is 5.96. The lowest BCUT2D eigenvalue weighted by molar-refractivity contribution is -0.133. The summed E-state index contributed by atoms with van der Waals surface area (Å²) in [7, 11) is 1.72. The fourth-order valence-electron chi connectivity index (χ4n) is 4.43. The number of rotatable bonds is 5. The van der Waals surface area contributed by atoms with E-state index in [9.17, 15) is 9.59 Å². The third-order valence-electron chi connectivity index (χ3n) is 6.07. The molecule has 1 aliphatic rings. The Bertz CT molecular complexity index is 1340. The highest BCUT2D eigenvalue weighted by molar-refractivity contribution is 6.30. The minimum absolute atomic E-state index is 0.00493. The Labute approximate surface area is 189 Å². The largest absolute Gasteiger partial charge is 0.443 e. The van der Waals surface area contributed by atoms with Gasteiger partial charge in [0.05, 0.1) is 17.2 Å². The van der Waals surface area contributed by atoms with Gasteiger partial charge >= 0.3 is 5.69 Å². The lowest BCUT2D eigenvalue weighted by Crippen LogP contribution is -2.36. The molecular weight excluding hydrogens is 428 g/mol. The van der Waals surface area contributed by atoms with Crippen LogP contribution in [0.2, 0.25) is 5.02 Å². The molecule has 0 aliphatic carbocycles. The van der Waals surface area contributed by atoms with Gasteiger partial charge in [-0.1, -0.05) is 35.9 Å². The number of nitrogens with zero attached hydrogens (tertiary/aromatic N) is 4. The number of aromatic nitrogens is 3. The molecule has 0 unspecified atom stereocenters. The standard InChI is InChI=1S/C24H23ClN4O3/c1-27-19-5-2-3-6-20(19)29(24(27)31)15-22(30)28-12-4-7-21(28)23-26-14-18(32-23)13-16-8-10-17(25)11-9-16/h2-3,5-6,8-11,14,21H,4,7,12-13,15H2,1H3/t21-/m0/s1. The second kappa shape index (κ2) is 8.31. The van der Waals surface area contributed by atoms with Crippen LogP contribution in [0.5, 0.6) is 0 Å². The van der Waals surface area contributed by atoms with Crippen LogP contribution in [0.1, 0.15) is 36.1 Å². The third-order valence-corrected chi connectivity index (χ3v) is 6.32. The number of hydrogen-bond acceptors (Lipinski definition) is 4. The van der Waals surface area contributed by atoms with Crippen LogP contribution >= 0.6 is 11.6 Å². The number of imidazole rings is 1. The van der Waals surface area contributed by atoms with Crippen molar-refractivity contribution in [2.45, 2.75) is 31.8 Å². The number of carbonyl (C=O) groups excluding carboxylic acids is 1. The fraction of sp³-hybridized carbons (Fsp3) is 0.292. The van der Waals surface area contributed by atoms with Gasteiger partial charge in [-0.3, -0.25) is 13.9 Å². The van der Waals surface area contributed by atoms with Crippen LogP contribution in [0.25, 0.3) is 11.0 Å². The summed E-state index contributed by atoms with van der Waals surface area (Å²) in [5.41, 5.74) is 2.44. The lowest BCUT2D eigenvalue weighted by atomic mass is 10.1. The number of fused-ring (bicyclic) bond motifs is 1. The molecule has 0 N–H and O–H groups in total. The molecule has 32 heavy (non-hydrogen) atoms. The third kappa shape index (κ3) is 3.73. The first-order chi connectivity index (χ1) is 15.5. The van der Waals surface area contributed by atoms with Crippen LogP contribution in [-0.2, 0) is 24.8 Å². The monoisotopic (exact) mass is 450 g/mol. The molecule has 3 heterocycles. The Morgan fingerprint density at radius 3 is 2.69 bits per heavy atom. The van der Waals surface area contributed by atoms with Crippen LogP contribution in [0, 0.1) is 0 Å². The molecule has 8 heteroatoms. The van der Waals surface area contributed by atoms with E-state index in [0.717, 1.165) is 35.2 Å². The second-order valence-corrected chi connectivity index (χ2v) is 8.57. The molecule has 0 radical (unpaired) electrons. The number of carbonyl (C=O) groups is 1. The molecular formula is C24H23ClN4O3. The van der Waals surface area contributed by atoms with E-state index < -0.39 is 0 Å². The summed E-state index contributed by atoms with van der Waals surface area (Å²) in [6, 6.07) is 14.9. The quantitative estimate of drug-likeness (QED) is 0.461. The molecule has 1 atom stereocenters. The first kappa shape index (κ1) is 20.6. The number of amides is 1. The van der Waals surface area contributed by atoms with Gasteiger partial charge in [0.25, 0.3) is 0 Å². The maximum Gasteiger partial charge on any atom is 0.329 e. The minimum atomic E-state index is -0.216. The normalized spacial score (nSPS) is 16.2. The smallest absolute Gasteiger partial charge is 0.329 e. The van der Waals surface area contributed by atoms with Crippen LogP contribution in [-0.4, -0.2) is 31.5 Å². The van der Waals surface area contributed by atoms with Crippen molar-refractivity contribution in [2.75, 3.05) is 6.54 Å². The molecule has 1 saturated heterocycles. The van der Waals surface area contributed by atoms with E-state index in [4.69, 9.17) is 16.0 Å². The first-order valence-corrected chi connectivity index (χ1v) is 11.0. The topological polar surface area (TPSA) is 73.3 Å². The van der Waals surface area contributed by atoms with Gasteiger partial charge in [0.2, 0.25) is 11.8 Å². The van der Waals surface area contributed by atoms with Gasteiger partial charge in [-0.15, -0.1) is 0 Å². The molecule has 1 amide bonds. The van der Waals surface area contributed by atoms with Gasteiger partial charge < -0.3 is 9.32 Å². The zero-order valence-electron chi connectivity index (χ0n) is 17.7. The van der Waals surface area contributed by atoms with Gasteiger partial charge in [-0.25, -0.2) is 9.78 Å². The molecule has 2 aromatic heterocycles. The van der Waals surface area contributed by atoms with E-state index in [1.165, 1.54) is 4.57 Å². The van der Waals surface area contributed by atoms with E-state index in [0.29, 0.717) is 23.9 Å². The predicted octanol–water partition coefficient (Wildman–Crippen LogP) is 3.94. The van der Waals surface area contributed by atoms with E-state index in [2.05, 4.69) is 4.98 Å². The average molecular weight is 451 g/mol. The summed E-state index contributed by atoms with van der Waals surface area (Å²) in [6.07, 6.45) is 3.99. The maximum atomic E-state index is 13.2. The van der Waals surface area contributed by atoms with Gasteiger partial charge in [0.15, 0.2) is 0 Å². The number of likely N-dealkylation sites (tertiary alicyclic amines) is 1. The highest BCUT2D eigenvalue weighted by Gasteiger charge is 2.33. The Balaban J connectivity index is 1.35. The Morgan fingerprint density at radius 1 is 1.16 bits per heavy atom. The highest BCUT2D eigenvalue weighted by Crippen LogP contribution is 2.32. The Kier molecular flexibility index (Phi) is 5.35. The second-order valence-electron chi connectivity index (χ2n) is 8.13. The van der Waals surface area contributed by atoms with Crippen molar-refractivity contribution in [2.24, 2.45) is 7.05 Å². The maximum absolute atomic E-state index is 13.2. The Morgan fingerprint density at radius 2 is 1.91 bits per heavy atom. The average Bonchev–Trinajstić information content (AvgIpc) is 3.51. The number of para-hydroxylation sites is 2. The van der Waals surface area contributed by atoms with Gasteiger partial charge in [0, 0.05) is 25.0 Å². The predicted molar refractivity (Wildman–Crippen MR) is 122 cm³/mol. The number of halogens is 1. The van der Waals surface area contributed by atoms with Crippen molar-refractivity contribution in [3.8, 4) is 0 Å². The summed E-state index contributed by atoms with van der Waals surface area (Å²) in [5, 5.41) is 0.692. The SMILES string of the molecule is Cn1c(=O)n(CC(=O)N2CCC[C@H]2c2ncc(Cc3ccc(Cl)cc3)o2)c2ccccc21. The molecule has 7 nitrogen and oxygen atoms in total. The summed E-state index contributed by atoms with van der Waals surface area (Å²) in [4.78, 5) is 32.2. The van der Waals surface area contributed by atoms with Crippen molar-refractivity contribution in [3.05, 3.63) is 87.4 Å². The zero-order chi connectivity index (χ0) is 22.2. The Hall–Kier alpha value is -3.32. The van der Waals surface area contributed by atoms with Crippen molar-refractivity contribution in [3.63, 3.8) is 0 Å². The molecule has 5 rings (SSSR count). The van der Waals surface area contributed by atoms with Crippen LogP contribution in [0.15, 0.2) is 63.9 Å². The molecule has 4 aromatic rings. The molecule has 0 saturated carbocycles. The molecule has 1 aliphatic heterocycles. The zero-order valence-corrected chi connectivity index (χ0v) is 18.5. The van der Waals surface area contributed by atoms with Crippen molar-refractivity contribution < 1.29 is 9.21 Å². The molecule has 0 bridgehead atoms. The molecule has 0 spiro atoms. The van der Waals surface area contributed by atoms with Crippen molar-refractivity contribution >= 4 is 28.5 Å².